The van der Waals surface area contributed by atoms with Gasteiger partial charge in [0.2, 0.25) is 0 Å². The van der Waals surface area contributed by atoms with Crippen molar-refractivity contribution < 1.29 is 13.9 Å². The third-order valence-electron chi connectivity index (χ3n) is 5.00. The summed E-state index contributed by atoms with van der Waals surface area (Å²) in [7, 11) is 5.59. The van der Waals surface area contributed by atoms with Crippen molar-refractivity contribution >= 4 is 28.5 Å². The molecule has 3 aromatic rings. The van der Waals surface area contributed by atoms with Crippen LogP contribution >= 0.6 is 11.6 Å². The molecule has 0 fully saturated rings. The normalized spacial score (nSPS) is 12.4. The lowest BCUT2D eigenvalue weighted by atomic mass is 10.0. The number of fused-ring (bicyclic) bond motifs is 1. The third-order valence-corrected chi connectivity index (χ3v) is 5.41. The number of ether oxygens (including phenoxy) is 1. The van der Waals surface area contributed by atoms with Crippen LogP contribution in [0.3, 0.4) is 0 Å². The maximum absolute atomic E-state index is 12.8. The Morgan fingerprint density at radius 2 is 1.96 bits per heavy atom. The van der Waals surface area contributed by atoms with Gasteiger partial charge in [0.15, 0.2) is 5.76 Å². The molecule has 5 nitrogen and oxygen atoms in total. The second-order valence-electron chi connectivity index (χ2n) is 7.09. The van der Waals surface area contributed by atoms with Crippen LogP contribution in [0.25, 0.3) is 11.0 Å². The van der Waals surface area contributed by atoms with Crippen LogP contribution < -0.4 is 10.1 Å². The number of furan rings is 1. The molecule has 6 heteroatoms. The van der Waals surface area contributed by atoms with E-state index in [4.69, 9.17) is 20.8 Å². The molecule has 0 radical (unpaired) electrons. The highest BCUT2D eigenvalue weighted by atomic mass is 35.5. The lowest BCUT2D eigenvalue weighted by Crippen LogP contribution is -2.34. The number of aryl methyl sites for hydroxylation is 2. The van der Waals surface area contributed by atoms with Gasteiger partial charge < -0.3 is 19.4 Å². The molecule has 0 bridgehead atoms. The molecule has 1 aromatic heterocycles. The third kappa shape index (κ3) is 3.86. The van der Waals surface area contributed by atoms with Gasteiger partial charge in [-0.2, -0.15) is 0 Å². The summed E-state index contributed by atoms with van der Waals surface area (Å²) in [5.41, 5.74) is 3.38. The van der Waals surface area contributed by atoms with Crippen molar-refractivity contribution in [1.29, 1.82) is 0 Å². The maximum Gasteiger partial charge on any atom is 0.287 e. The predicted molar refractivity (Wildman–Crippen MR) is 112 cm³/mol. The Kier molecular flexibility index (Phi) is 5.96. The molecule has 148 valence electrons. The molecule has 0 saturated carbocycles. The Labute approximate surface area is 170 Å². The monoisotopic (exact) mass is 400 g/mol. The van der Waals surface area contributed by atoms with E-state index in [9.17, 15) is 4.79 Å². The number of para-hydroxylation sites is 1. The second-order valence-corrected chi connectivity index (χ2v) is 7.49. The largest absolute Gasteiger partial charge is 0.496 e. The molecule has 0 spiro atoms. The molecule has 0 aliphatic heterocycles. The number of rotatable bonds is 6. The lowest BCUT2D eigenvalue weighted by molar-refractivity contribution is 0.0915. The van der Waals surface area contributed by atoms with E-state index in [2.05, 4.69) is 5.32 Å². The van der Waals surface area contributed by atoms with E-state index in [1.165, 1.54) is 0 Å². The van der Waals surface area contributed by atoms with E-state index in [0.29, 0.717) is 22.9 Å². The quantitative estimate of drug-likeness (QED) is 0.649. The first-order valence-corrected chi connectivity index (χ1v) is 9.48. The Hall–Kier alpha value is -2.50. The number of carbonyl (C=O) groups is 1. The van der Waals surface area contributed by atoms with Crippen LogP contribution in [-0.2, 0) is 0 Å². The summed E-state index contributed by atoms with van der Waals surface area (Å²) >= 11 is 6.22. The summed E-state index contributed by atoms with van der Waals surface area (Å²) in [5, 5.41) is 4.51. The molecule has 3 rings (SSSR count). The van der Waals surface area contributed by atoms with E-state index >= 15 is 0 Å². The van der Waals surface area contributed by atoms with Crippen LogP contribution in [0, 0.1) is 13.8 Å². The second kappa shape index (κ2) is 8.25. The molecule has 1 N–H and O–H groups in total. The van der Waals surface area contributed by atoms with Crippen LogP contribution in [-0.4, -0.2) is 38.6 Å². The molecule has 1 heterocycles. The van der Waals surface area contributed by atoms with Crippen molar-refractivity contribution in [2.75, 3.05) is 27.7 Å². The number of likely N-dealkylation sites (N-methyl/N-ethyl adjacent to an activating group) is 1. The fraction of sp³-hybridized carbons (Fsp3) is 0.318. The molecule has 0 aliphatic rings. The Bertz CT molecular complexity index is 1010. The minimum Gasteiger partial charge on any atom is -0.496 e. The van der Waals surface area contributed by atoms with Gasteiger partial charge in [-0.05, 0) is 51.7 Å². The van der Waals surface area contributed by atoms with Crippen LogP contribution in [0.2, 0.25) is 5.02 Å². The van der Waals surface area contributed by atoms with Crippen molar-refractivity contribution in [2.24, 2.45) is 0 Å². The Morgan fingerprint density at radius 3 is 2.64 bits per heavy atom. The molecule has 1 amide bonds. The number of benzene rings is 2. The van der Waals surface area contributed by atoms with E-state index in [0.717, 1.165) is 27.8 Å². The molecule has 28 heavy (non-hydrogen) atoms. The van der Waals surface area contributed by atoms with Gasteiger partial charge in [0.1, 0.15) is 11.3 Å². The molecule has 0 saturated heterocycles. The highest BCUT2D eigenvalue weighted by molar-refractivity contribution is 6.32. The summed E-state index contributed by atoms with van der Waals surface area (Å²) in [6, 6.07) is 11.5. The fourth-order valence-corrected chi connectivity index (χ4v) is 3.50. The van der Waals surface area contributed by atoms with Crippen molar-refractivity contribution in [2.45, 2.75) is 19.9 Å². The number of nitrogens with one attached hydrogen (secondary N) is 1. The first-order chi connectivity index (χ1) is 13.3. The summed E-state index contributed by atoms with van der Waals surface area (Å²) in [6.45, 7) is 4.20. The van der Waals surface area contributed by atoms with Crippen LogP contribution in [0.15, 0.2) is 40.8 Å². The predicted octanol–water partition coefficient (Wildman–Crippen LogP) is 4.74. The zero-order chi connectivity index (χ0) is 20.4. The van der Waals surface area contributed by atoms with Crippen LogP contribution in [0.4, 0.5) is 0 Å². The summed E-state index contributed by atoms with van der Waals surface area (Å²) in [5.74, 6) is 0.860. The average Bonchev–Trinajstić information content (AvgIpc) is 2.98. The molecule has 1 atom stereocenters. The number of hydrogen-bond donors (Lipinski definition) is 1. The topological polar surface area (TPSA) is 54.7 Å². The minimum atomic E-state index is -0.246. The Balaban J connectivity index is 1.84. The number of amides is 1. The SMILES string of the molecule is COc1ccccc1[C@H](CNC(=O)c1oc2cc(C)c(Cl)cc2c1C)N(C)C. The zero-order valence-electron chi connectivity index (χ0n) is 16.8. The number of halogens is 1. The van der Waals surface area contributed by atoms with Gasteiger partial charge in [-0.1, -0.05) is 29.8 Å². The van der Waals surface area contributed by atoms with Crippen molar-refractivity contribution in [3.8, 4) is 5.75 Å². The first-order valence-electron chi connectivity index (χ1n) is 9.10. The summed E-state index contributed by atoms with van der Waals surface area (Å²) in [4.78, 5) is 14.9. The zero-order valence-corrected chi connectivity index (χ0v) is 17.6. The number of hydrogen-bond acceptors (Lipinski definition) is 4. The van der Waals surface area contributed by atoms with Gasteiger partial charge in [-0.3, -0.25) is 4.79 Å². The highest BCUT2D eigenvalue weighted by Gasteiger charge is 2.22. The molecule has 2 aromatic carbocycles. The Morgan fingerprint density at radius 1 is 1.25 bits per heavy atom. The standard InChI is InChI=1S/C22H25ClN2O3/c1-13-10-20-16(11-17(13)23)14(2)21(28-20)22(26)24-12-18(25(3)4)15-8-6-7-9-19(15)27-5/h6-11,18H,12H2,1-5H3,(H,24,26)/t18-/m0/s1. The van der Waals surface area contributed by atoms with Gasteiger partial charge >= 0.3 is 0 Å². The fourth-order valence-electron chi connectivity index (χ4n) is 3.34. The molecule has 0 unspecified atom stereocenters. The van der Waals surface area contributed by atoms with Gasteiger partial charge in [0, 0.05) is 28.1 Å². The molecule has 0 aliphatic carbocycles. The van der Waals surface area contributed by atoms with Gasteiger partial charge in [-0.25, -0.2) is 0 Å². The van der Waals surface area contributed by atoms with E-state index in [1.807, 2.05) is 69.2 Å². The summed E-state index contributed by atoms with van der Waals surface area (Å²) in [6.07, 6.45) is 0. The van der Waals surface area contributed by atoms with Gasteiger partial charge in [0.25, 0.3) is 5.91 Å². The van der Waals surface area contributed by atoms with Crippen molar-refractivity contribution in [3.05, 3.63) is 63.9 Å². The van der Waals surface area contributed by atoms with Gasteiger partial charge in [0.05, 0.1) is 13.2 Å². The number of nitrogens with zero attached hydrogens (tertiary/aromatic N) is 1. The smallest absolute Gasteiger partial charge is 0.287 e. The highest BCUT2D eigenvalue weighted by Crippen LogP contribution is 2.31. The maximum atomic E-state index is 12.8. The van der Waals surface area contributed by atoms with Crippen LogP contribution in [0.1, 0.15) is 33.3 Å². The number of carbonyl (C=O) groups excluding carboxylic acids is 1. The molecular formula is C22H25ClN2O3. The van der Waals surface area contributed by atoms with Gasteiger partial charge in [-0.15, -0.1) is 0 Å². The van der Waals surface area contributed by atoms with E-state index in [1.54, 1.807) is 7.11 Å². The van der Waals surface area contributed by atoms with Crippen LogP contribution in [0.5, 0.6) is 5.75 Å². The first kappa shape index (κ1) is 20.2. The average molecular weight is 401 g/mol. The van der Waals surface area contributed by atoms with Crippen molar-refractivity contribution in [3.63, 3.8) is 0 Å². The van der Waals surface area contributed by atoms with E-state index < -0.39 is 0 Å². The minimum absolute atomic E-state index is 0.0403. The lowest BCUT2D eigenvalue weighted by Gasteiger charge is -2.26. The summed E-state index contributed by atoms with van der Waals surface area (Å²) < 4.78 is 11.3. The van der Waals surface area contributed by atoms with Crippen molar-refractivity contribution in [1.82, 2.24) is 10.2 Å². The van der Waals surface area contributed by atoms with E-state index in [-0.39, 0.29) is 11.9 Å². The number of methoxy groups -OCH3 is 1. The molecular weight excluding hydrogens is 376 g/mol.